The molecule has 2 aromatic carbocycles. The molecule has 6 nitrogen and oxygen atoms in total. The van der Waals surface area contributed by atoms with Crippen LogP contribution >= 0.6 is 0 Å². The van der Waals surface area contributed by atoms with Crippen LogP contribution in [0.4, 0.5) is 10.5 Å². The van der Waals surface area contributed by atoms with E-state index in [4.69, 9.17) is 5.73 Å². The van der Waals surface area contributed by atoms with Crippen molar-refractivity contribution >= 4 is 17.6 Å². The molecule has 26 heavy (non-hydrogen) atoms. The van der Waals surface area contributed by atoms with Gasteiger partial charge in [0.15, 0.2) is 0 Å². The summed E-state index contributed by atoms with van der Waals surface area (Å²) in [5.41, 5.74) is 8.17. The highest BCUT2D eigenvalue weighted by Crippen LogP contribution is 2.15. The fraction of sp³-hybridized carbons (Fsp3) is 0.300. The number of para-hydroxylation sites is 1. The van der Waals surface area contributed by atoms with Gasteiger partial charge < -0.3 is 20.9 Å². The van der Waals surface area contributed by atoms with Crippen LogP contribution in [0.15, 0.2) is 54.6 Å². The van der Waals surface area contributed by atoms with Crippen LogP contribution in [-0.2, 0) is 6.54 Å². The quantitative estimate of drug-likeness (QED) is 0.866. The van der Waals surface area contributed by atoms with Gasteiger partial charge in [-0.1, -0.05) is 30.3 Å². The minimum Gasteiger partial charge on any atom is -0.370 e. The number of nitrogens with zero attached hydrogens (tertiary/aromatic N) is 2. The number of carbonyl (C=O) groups is 2. The van der Waals surface area contributed by atoms with Crippen molar-refractivity contribution in [2.24, 2.45) is 5.73 Å². The van der Waals surface area contributed by atoms with Crippen LogP contribution in [0.5, 0.6) is 0 Å². The maximum Gasteiger partial charge on any atom is 0.314 e. The lowest BCUT2D eigenvalue weighted by Crippen LogP contribution is -2.40. The largest absolute Gasteiger partial charge is 0.370 e. The molecule has 6 heteroatoms. The highest BCUT2D eigenvalue weighted by atomic mass is 16.2. The Kier molecular flexibility index (Phi) is 5.41. The van der Waals surface area contributed by atoms with E-state index < -0.39 is 6.03 Å². The number of nitrogens with one attached hydrogen (secondary N) is 1. The minimum atomic E-state index is -0.436. The van der Waals surface area contributed by atoms with Gasteiger partial charge in [-0.25, -0.2) is 4.79 Å². The van der Waals surface area contributed by atoms with E-state index in [1.807, 2.05) is 49.5 Å². The number of urea groups is 1. The summed E-state index contributed by atoms with van der Waals surface area (Å²) in [5, 5.41) is 2.97. The third kappa shape index (κ3) is 4.33. The van der Waals surface area contributed by atoms with E-state index in [2.05, 4.69) is 22.3 Å². The lowest BCUT2D eigenvalue weighted by Gasteiger charge is -2.19. The zero-order valence-electron chi connectivity index (χ0n) is 14.9. The summed E-state index contributed by atoms with van der Waals surface area (Å²) >= 11 is 0. The van der Waals surface area contributed by atoms with Crippen LogP contribution in [0.25, 0.3) is 0 Å². The van der Waals surface area contributed by atoms with Crippen LogP contribution < -0.4 is 16.0 Å². The number of benzene rings is 2. The van der Waals surface area contributed by atoms with Crippen molar-refractivity contribution in [2.75, 3.05) is 25.0 Å². The highest BCUT2D eigenvalue weighted by molar-refractivity contribution is 5.94. The zero-order valence-corrected chi connectivity index (χ0v) is 14.9. The van der Waals surface area contributed by atoms with Gasteiger partial charge in [-0.2, -0.15) is 0 Å². The molecule has 3 amide bonds. The number of rotatable bonds is 5. The minimum absolute atomic E-state index is 0.0427. The summed E-state index contributed by atoms with van der Waals surface area (Å²) in [5.74, 6) is -0.121. The van der Waals surface area contributed by atoms with Crippen molar-refractivity contribution in [3.8, 4) is 0 Å². The van der Waals surface area contributed by atoms with Gasteiger partial charge in [-0.05, 0) is 36.2 Å². The Balaban J connectivity index is 1.55. The maximum absolute atomic E-state index is 12.4. The molecule has 0 aromatic heterocycles. The van der Waals surface area contributed by atoms with E-state index in [1.54, 1.807) is 4.90 Å². The van der Waals surface area contributed by atoms with E-state index in [0.29, 0.717) is 18.7 Å². The van der Waals surface area contributed by atoms with Crippen LogP contribution in [0.2, 0.25) is 0 Å². The van der Waals surface area contributed by atoms with Gasteiger partial charge in [0.05, 0.1) is 0 Å². The molecule has 3 N–H and O–H groups in total. The molecule has 1 aliphatic heterocycles. The SMILES string of the molecule is CN(Cc1ccc(C(=O)NC2CCN(C(N)=O)C2)cc1)c1ccccc1. The smallest absolute Gasteiger partial charge is 0.314 e. The predicted molar refractivity (Wildman–Crippen MR) is 102 cm³/mol. The second-order valence-corrected chi connectivity index (χ2v) is 6.63. The normalized spacial score (nSPS) is 16.3. The Bertz CT molecular complexity index is 761. The van der Waals surface area contributed by atoms with Crippen molar-refractivity contribution in [1.29, 1.82) is 0 Å². The maximum atomic E-state index is 12.4. The number of hydrogen-bond acceptors (Lipinski definition) is 3. The van der Waals surface area contributed by atoms with Crippen molar-refractivity contribution in [2.45, 2.75) is 19.0 Å². The summed E-state index contributed by atoms with van der Waals surface area (Å²) in [6, 6.07) is 17.3. The zero-order chi connectivity index (χ0) is 18.5. The number of likely N-dealkylation sites (tertiary alicyclic amines) is 1. The van der Waals surface area contributed by atoms with E-state index in [0.717, 1.165) is 24.2 Å². The molecular formula is C20H24N4O2. The number of anilines is 1. The topological polar surface area (TPSA) is 78.7 Å². The van der Waals surface area contributed by atoms with E-state index >= 15 is 0 Å². The molecule has 1 heterocycles. The van der Waals surface area contributed by atoms with Gasteiger partial charge in [-0.3, -0.25) is 4.79 Å². The van der Waals surface area contributed by atoms with E-state index in [-0.39, 0.29) is 11.9 Å². The Hall–Kier alpha value is -3.02. The van der Waals surface area contributed by atoms with Crippen LogP contribution in [0.1, 0.15) is 22.3 Å². The fourth-order valence-corrected chi connectivity index (χ4v) is 3.16. The van der Waals surface area contributed by atoms with Crippen molar-refractivity contribution in [1.82, 2.24) is 10.2 Å². The lowest BCUT2D eigenvalue weighted by atomic mass is 10.1. The van der Waals surface area contributed by atoms with Crippen LogP contribution in [0.3, 0.4) is 0 Å². The molecule has 1 aliphatic rings. The highest BCUT2D eigenvalue weighted by Gasteiger charge is 2.26. The molecule has 0 saturated carbocycles. The summed E-state index contributed by atoms with van der Waals surface area (Å²) in [4.78, 5) is 27.2. The number of carbonyl (C=O) groups excluding carboxylic acids is 2. The first-order chi connectivity index (χ1) is 12.5. The van der Waals surface area contributed by atoms with Crippen molar-refractivity contribution < 1.29 is 9.59 Å². The molecule has 0 bridgehead atoms. The second-order valence-electron chi connectivity index (χ2n) is 6.63. The van der Waals surface area contributed by atoms with Gasteiger partial charge in [0.25, 0.3) is 5.91 Å². The molecule has 2 aromatic rings. The number of amides is 3. The van der Waals surface area contributed by atoms with Gasteiger partial charge in [0.1, 0.15) is 0 Å². The van der Waals surface area contributed by atoms with Gasteiger partial charge in [-0.15, -0.1) is 0 Å². The second kappa shape index (κ2) is 7.91. The summed E-state index contributed by atoms with van der Waals surface area (Å²) in [7, 11) is 2.04. The predicted octanol–water partition coefficient (Wildman–Crippen LogP) is 2.21. The molecule has 136 valence electrons. The number of primary amides is 1. The molecule has 0 aliphatic carbocycles. The van der Waals surface area contributed by atoms with Crippen molar-refractivity contribution in [3.05, 3.63) is 65.7 Å². The molecule has 0 spiro atoms. The average molecular weight is 352 g/mol. The number of nitrogens with two attached hydrogens (primary N) is 1. The first-order valence-electron chi connectivity index (χ1n) is 8.73. The molecule has 1 atom stereocenters. The molecular weight excluding hydrogens is 328 g/mol. The fourth-order valence-electron chi connectivity index (χ4n) is 3.16. The molecule has 1 unspecified atom stereocenters. The molecule has 1 saturated heterocycles. The molecule has 1 fully saturated rings. The Morgan fingerprint density at radius 2 is 1.85 bits per heavy atom. The first kappa shape index (κ1) is 17.8. The van der Waals surface area contributed by atoms with Gasteiger partial charge in [0.2, 0.25) is 0 Å². The Morgan fingerprint density at radius 1 is 1.15 bits per heavy atom. The van der Waals surface area contributed by atoms with Crippen LogP contribution in [-0.4, -0.2) is 43.0 Å². The van der Waals surface area contributed by atoms with Crippen LogP contribution in [0, 0.1) is 0 Å². The third-order valence-corrected chi connectivity index (χ3v) is 4.67. The first-order valence-corrected chi connectivity index (χ1v) is 8.73. The molecule has 0 radical (unpaired) electrons. The van der Waals surface area contributed by atoms with Gasteiger partial charge >= 0.3 is 6.03 Å². The summed E-state index contributed by atoms with van der Waals surface area (Å²) < 4.78 is 0. The lowest BCUT2D eigenvalue weighted by molar-refractivity contribution is 0.0938. The standard InChI is InChI=1S/C20H24N4O2/c1-23(18-5-3-2-4-6-18)13-15-7-9-16(10-8-15)19(25)22-17-11-12-24(14-17)20(21)26/h2-10,17H,11-14H2,1H3,(H2,21,26)(H,22,25). The van der Waals surface area contributed by atoms with E-state index in [1.165, 1.54) is 0 Å². The summed E-state index contributed by atoms with van der Waals surface area (Å²) in [6.45, 7) is 1.83. The van der Waals surface area contributed by atoms with Gasteiger partial charge in [0, 0.05) is 44.0 Å². The molecule has 3 rings (SSSR count). The average Bonchev–Trinajstić information content (AvgIpc) is 3.12. The van der Waals surface area contributed by atoms with Crippen molar-refractivity contribution in [3.63, 3.8) is 0 Å². The third-order valence-electron chi connectivity index (χ3n) is 4.67. The Morgan fingerprint density at radius 3 is 2.46 bits per heavy atom. The number of hydrogen-bond donors (Lipinski definition) is 2. The monoisotopic (exact) mass is 352 g/mol. The summed E-state index contributed by atoms with van der Waals surface area (Å²) in [6.07, 6.45) is 0.731. The Labute approximate surface area is 153 Å². The van der Waals surface area contributed by atoms with E-state index in [9.17, 15) is 9.59 Å².